The van der Waals surface area contributed by atoms with Crippen LogP contribution in [0.15, 0.2) is 29.3 Å². The number of hydrogen-bond donors (Lipinski definition) is 3. The highest BCUT2D eigenvalue weighted by atomic mass is 15.3. The van der Waals surface area contributed by atoms with Gasteiger partial charge in [-0.1, -0.05) is 24.3 Å². The first-order valence-electron chi connectivity index (χ1n) is 4.99. The van der Waals surface area contributed by atoms with Crippen molar-refractivity contribution in [1.82, 2.24) is 5.43 Å². The summed E-state index contributed by atoms with van der Waals surface area (Å²) in [7, 11) is 0. The number of guanidine groups is 1. The van der Waals surface area contributed by atoms with Crippen molar-refractivity contribution >= 4 is 12.2 Å². The summed E-state index contributed by atoms with van der Waals surface area (Å²) in [5, 5.41) is 7.25. The number of nitrogens with one attached hydrogen (secondary N) is 2. The zero-order chi connectivity index (χ0) is 10.7. The molecule has 1 aromatic carbocycles. The Balaban J connectivity index is 2.19. The summed E-state index contributed by atoms with van der Waals surface area (Å²) < 4.78 is 0. The highest BCUT2D eigenvalue weighted by Crippen LogP contribution is 2.41. The predicted octanol–water partition coefficient (Wildman–Crippen LogP) is 1.38. The van der Waals surface area contributed by atoms with Gasteiger partial charge in [-0.25, -0.2) is 10.8 Å². The quantitative estimate of drug-likeness (QED) is 0.293. The van der Waals surface area contributed by atoms with E-state index >= 15 is 0 Å². The molecule has 4 heteroatoms. The van der Waals surface area contributed by atoms with Gasteiger partial charge >= 0.3 is 0 Å². The topological polar surface area (TPSA) is 74.3 Å². The lowest BCUT2D eigenvalue weighted by atomic mass is 10.0. The van der Waals surface area contributed by atoms with Gasteiger partial charge in [0.05, 0.1) is 0 Å². The van der Waals surface area contributed by atoms with Crippen molar-refractivity contribution in [1.29, 1.82) is 5.41 Å². The molecule has 0 bridgehead atoms. The van der Waals surface area contributed by atoms with Crippen molar-refractivity contribution in [3.63, 3.8) is 0 Å². The van der Waals surface area contributed by atoms with Crippen LogP contribution in [0, 0.1) is 5.41 Å². The number of hydrogen-bond acceptors (Lipinski definition) is 2. The van der Waals surface area contributed by atoms with Crippen LogP contribution in [0.3, 0.4) is 0 Å². The van der Waals surface area contributed by atoms with Crippen LogP contribution in [-0.2, 0) is 0 Å². The summed E-state index contributed by atoms with van der Waals surface area (Å²) in [6.07, 6.45) is 4.21. The predicted molar refractivity (Wildman–Crippen MR) is 61.1 cm³/mol. The minimum atomic E-state index is -0.0272. The minimum Gasteiger partial charge on any atom is -0.293 e. The third-order valence-electron chi connectivity index (χ3n) is 2.48. The lowest BCUT2D eigenvalue weighted by Crippen LogP contribution is -2.27. The highest BCUT2D eigenvalue weighted by Gasteiger charge is 2.24. The van der Waals surface area contributed by atoms with Crippen molar-refractivity contribution in [3.05, 3.63) is 35.4 Å². The van der Waals surface area contributed by atoms with Crippen LogP contribution in [0.2, 0.25) is 0 Å². The number of hydrazine groups is 1. The molecular weight excluding hydrogens is 188 g/mol. The first-order chi connectivity index (χ1) is 7.31. The minimum absolute atomic E-state index is 0.0272. The van der Waals surface area contributed by atoms with Crippen LogP contribution in [0.5, 0.6) is 0 Å². The summed E-state index contributed by atoms with van der Waals surface area (Å²) in [6, 6.07) is 8.16. The number of benzene rings is 1. The SMILES string of the molecule is N=C(N=Cc1ccccc1C1CC1)NN. The fourth-order valence-electron chi connectivity index (χ4n) is 1.57. The summed E-state index contributed by atoms with van der Waals surface area (Å²) in [5.74, 6) is 5.72. The molecule has 0 aromatic heterocycles. The van der Waals surface area contributed by atoms with E-state index in [2.05, 4.69) is 16.5 Å². The van der Waals surface area contributed by atoms with Crippen LogP contribution in [-0.4, -0.2) is 12.2 Å². The van der Waals surface area contributed by atoms with Crippen LogP contribution >= 0.6 is 0 Å². The molecule has 0 spiro atoms. The summed E-state index contributed by atoms with van der Waals surface area (Å²) in [4.78, 5) is 3.91. The van der Waals surface area contributed by atoms with Gasteiger partial charge in [-0.2, -0.15) is 0 Å². The fraction of sp³-hybridized carbons (Fsp3) is 0.273. The van der Waals surface area contributed by atoms with Gasteiger partial charge in [-0.15, -0.1) is 0 Å². The van der Waals surface area contributed by atoms with Gasteiger partial charge in [0.25, 0.3) is 0 Å². The Hall–Kier alpha value is -1.68. The summed E-state index contributed by atoms with van der Waals surface area (Å²) in [6.45, 7) is 0. The smallest absolute Gasteiger partial charge is 0.229 e. The molecule has 1 aromatic rings. The molecule has 0 radical (unpaired) electrons. The van der Waals surface area contributed by atoms with Gasteiger partial charge in [0.1, 0.15) is 0 Å². The molecule has 2 rings (SSSR count). The summed E-state index contributed by atoms with van der Waals surface area (Å²) in [5.41, 5.74) is 4.59. The van der Waals surface area contributed by atoms with Gasteiger partial charge < -0.3 is 0 Å². The summed E-state index contributed by atoms with van der Waals surface area (Å²) >= 11 is 0. The molecule has 4 nitrogen and oxygen atoms in total. The van der Waals surface area contributed by atoms with Crippen LogP contribution < -0.4 is 11.3 Å². The highest BCUT2D eigenvalue weighted by molar-refractivity contribution is 5.92. The van der Waals surface area contributed by atoms with Crippen molar-refractivity contribution in [2.75, 3.05) is 0 Å². The van der Waals surface area contributed by atoms with Crippen molar-refractivity contribution in [3.8, 4) is 0 Å². The van der Waals surface area contributed by atoms with Crippen LogP contribution in [0.25, 0.3) is 0 Å². The average molecular weight is 202 g/mol. The first-order valence-corrected chi connectivity index (χ1v) is 4.99. The maximum Gasteiger partial charge on any atom is 0.229 e. The molecule has 1 saturated carbocycles. The Morgan fingerprint density at radius 2 is 2.20 bits per heavy atom. The fourth-order valence-corrected chi connectivity index (χ4v) is 1.57. The van der Waals surface area contributed by atoms with E-state index in [1.165, 1.54) is 18.4 Å². The molecule has 1 fully saturated rings. The van der Waals surface area contributed by atoms with E-state index < -0.39 is 0 Å². The molecule has 0 unspecified atom stereocenters. The average Bonchev–Trinajstić information content (AvgIpc) is 3.10. The van der Waals surface area contributed by atoms with Gasteiger partial charge in [0.15, 0.2) is 0 Å². The number of aliphatic imine (C=N–C) groups is 1. The van der Waals surface area contributed by atoms with Gasteiger partial charge in [0.2, 0.25) is 5.96 Å². The van der Waals surface area contributed by atoms with E-state index in [0.717, 1.165) is 5.56 Å². The third kappa shape index (κ3) is 2.41. The molecule has 4 N–H and O–H groups in total. The van der Waals surface area contributed by atoms with Crippen LogP contribution in [0.1, 0.15) is 29.9 Å². The zero-order valence-electron chi connectivity index (χ0n) is 8.40. The number of rotatable bonds is 2. The Labute approximate surface area is 88.7 Å². The van der Waals surface area contributed by atoms with Crippen molar-refractivity contribution in [2.24, 2.45) is 10.8 Å². The maximum absolute atomic E-state index is 7.25. The van der Waals surface area contributed by atoms with Gasteiger partial charge in [0, 0.05) is 6.21 Å². The normalized spacial score (nSPS) is 15.5. The largest absolute Gasteiger partial charge is 0.293 e. The van der Waals surface area contributed by atoms with Crippen molar-refractivity contribution < 1.29 is 0 Å². The molecule has 0 heterocycles. The second-order valence-corrected chi connectivity index (χ2v) is 3.65. The monoisotopic (exact) mass is 202 g/mol. The second kappa shape index (κ2) is 4.23. The zero-order valence-corrected chi connectivity index (χ0v) is 8.40. The Morgan fingerprint density at radius 1 is 1.47 bits per heavy atom. The van der Waals surface area contributed by atoms with Gasteiger partial charge in [-0.3, -0.25) is 10.8 Å². The third-order valence-corrected chi connectivity index (χ3v) is 2.48. The molecule has 15 heavy (non-hydrogen) atoms. The van der Waals surface area contributed by atoms with E-state index in [9.17, 15) is 0 Å². The molecule has 1 aliphatic rings. The van der Waals surface area contributed by atoms with E-state index in [4.69, 9.17) is 11.3 Å². The Kier molecular flexibility index (Phi) is 2.78. The van der Waals surface area contributed by atoms with E-state index in [0.29, 0.717) is 5.92 Å². The van der Waals surface area contributed by atoms with E-state index in [-0.39, 0.29) is 5.96 Å². The first kappa shape index (κ1) is 9.86. The maximum atomic E-state index is 7.25. The molecular formula is C11H14N4. The van der Waals surface area contributed by atoms with E-state index in [1.54, 1.807) is 6.21 Å². The van der Waals surface area contributed by atoms with Gasteiger partial charge in [-0.05, 0) is 29.9 Å². The molecule has 0 saturated heterocycles. The molecule has 0 aliphatic heterocycles. The number of nitrogens with two attached hydrogens (primary N) is 1. The van der Waals surface area contributed by atoms with Crippen LogP contribution in [0.4, 0.5) is 0 Å². The standard InChI is InChI=1S/C11H14N4/c12-11(15-13)14-7-9-3-1-2-4-10(9)8-5-6-8/h1-4,7-8H,5-6,13H2,(H2,12,15). The molecule has 1 aliphatic carbocycles. The lowest BCUT2D eigenvalue weighted by molar-refractivity contribution is 0.996. The lowest BCUT2D eigenvalue weighted by Gasteiger charge is -2.02. The molecule has 0 atom stereocenters. The second-order valence-electron chi connectivity index (χ2n) is 3.65. The Bertz CT molecular complexity index is 393. The Morgan fingerprint density at radius 3 is 2.87 bits per heavy atom. The van der Waals surface area contributed by atoms with Crippen molar-refractivity contribution in [2.45, 2.75) is 18.8 Å². The molecule has 0 amide bonds. The van der Waals surface area contributed by atoms with E-state index in [1.807, 2.05) is 18.2 Å². The number of nitrogens with zero attached hydrogens (tertiary/aromatic N) is 1. The molecule has 78 valence electrons.